The molecular formula is C19H21N3O. The van der Waals surface area contributed by atoms with Gasteiger partial charge in [-0.2, -0.15) is 0 Å². The normalized spacial score (nSPS) is 13.7. The van der Waals surface area contributed by atoms with Gasteiger partial charge in [-0.05, 0) is 37.5 Å². The SMILES string of the molecule is Cc1cccc2c(NCCC(C)(O)c3ccccc3)ncnc12. The lowest BCUT2D eigenvalue weighted by Gasteiger charge is -2.24. The third-order valence-corrected chi connectivity index (χ3v) is 4.17. The molecule has 0 aliphatic heterocycles. The van der Waals surface area contributed by atoms with Crippen LogP contribution in [0.3, 0.4) is 0 Å². The summed E-state index contributed by atoms with van der Waals surface area (Å²) in [5.41, 5.74) is 2.14. The van der Waals surface area contributed by atoms with Crippen LogP contribution < -0.4 is 5.32 Å². The Balaban J connectivity index is 1.73. The first-order chi connectivity index (χ1) is 11.1. The molecule has 0 bridgehead atoms. The summed E-state index contributed by atoms with van der Waals surface area (Å²) < 4.78 is 0. The third-order valence-electron chi connectivity index (χ3n) is 4.17. The number of rotatable bonds is 5. The Morgan fingerprint density at radius 1 is 1.04 bits per heavy atom. The number of aliphatic hydroxyl groups is 1. The predicted octanol–water partition coefficient (Wildman–Crippen LogP) is 3.65. The van der Waals surface area contributed by atoms with E-state index >= 15 is 0 Å². The van der Waals surface area contributed by atoms with Gasteiger partial charge in [0.25, 0.3) is 0 Å². The van der Waals surface area contributed by atoms with Gasteiger partial charge in [0, 0.05) is 11.9 Å². The van der Waals surface area contributed by atoms with Crippen molar-refractivity contribution in [3.05, 3.63) is 66.0 Å². The fraction of sp³-hybridized carbons (Fsp3) is 0.263. The van der Waals surface area contributed by atoms with Gasteiger partial charge in [-0.3, -0.25) is 0 Å². The summed E-state index contributed by atoms with van der Waals surface area (Å²) in [6.07, 6.45) is 2.17. The number of hydrogen-bond acceptors (Lipinski definition) is 4. The standard InChI is InChI=1S/C19H21N3O/c1-14-7-6-10-16-17(14)21-13-22-18(16)20-12-11-19(2,23)15-8-4-3-5-9-15/h3-10,13,23H,11-12H2,1-2H3,(H,20,21,22). The van der Waals surface area contributed by atoms with Gasteiger partial charge in [0.2, 0.25) is 0 Å². The molecule has 1 heterocycles. The van der Waals surface area contributed by atoms with E-state index in [1.54, 1.807) is 6.33 Å². The second-order valence-electron chi connectivity index (χ2n) is 6.01. The Labute approximate surface area is 136 Å². The molecule has 3 rings (SSSR count). The highest BCUT2D eigenvalue weighted by Gasteiger charge is 2.22. The zero-order valence-corrected chi connectivity index (χ0v) is 13.5. The maximum absolute atomic E-state index is 10.6. The van der Waals surface area contributed by atoms with E-state index in [-0.39, 0.29) is 0 Å². The van der Waals surface area contributed by atoms with E-state index in [2.05, 4.69) is 15.3 Å². The summed E-state index contributed by atoms with van der Waals surface area (Å²) in [4.78, 5) is 8.68. The average Bonchev–Trinajstić information content (AvgIpc) is 2.56. The molecule has 2 N–H and O–H groups in total. The monoisotopic (exact) mass is 307 g/mol. The number of anilines is 1. The maximum Gasteiger partial charge on any atom is 0.137 e. The van der Waals surface area contributed by atoms with Gasteiger partial charge >= 0.3 is 0 Å². The summed E-state index contributed by atoms with van der Waals surface area (Å²) in [5, 5.41) is 15.0. The van der Waals surface area contributed by atoms with Crippen LogP contribution in [0.25, 0.3) is 10.9 Å². The van der Waals surface area contributed by atoms with Crippen molar-refractivity contribution in [1.29, 1.82) is 0 Å². The summed E-state index contributed by atoms with van der Waals surface area (Å²) in [5.74, 6) is 0.808. The Bertz CT molecular complexity index is 800. The summed E-state index contributed by atoms with van der Waals surface area (Å²) in [6.45, 7) is 4.51. The minimum absolute atomic E-state index is 0.592. The molecule has 1 unspecified atom stereocenters. The Morgan fingerprint density at radius 3 is 2.61 bits per heavy atom. The number of para-hydroxylation sites is 1. The van der Waals surface area contributed by atoms with Gasteiger partial charge in [0.05, 0.1) is 11.1 Å². The summed E-state index contributed by atoms with van der Waals surface area (Å²) in [7, 11) is 0. The zero-order valence-electron chi connectivity index (χ0n) is 13.5. The second-order valence-corrected chi connectivity index (χ2v) is 6.01. The highest BCUT2D eigenvalue weighted by atomic mass is 16.3. The third kappa shape index (κ3) is 3.32. The molecule has 0 fully saturated rings. The van der Waals surface area contributed by atoms with Crippen LogP contribution in [0.4, 0.5) is 5.82 Å². The second kappa shape index (κ2) is 6.34. The fourth-order valence-corrected chi connectivity index (χ4v) is 2.74. The summed E-state index contributed by atoms with van der Waals surface area (Å²) >= 11 is 0. The topological polar surface area (TPSA) is 58.0 Å². The van der Waals surface area contributed by atoms with Crippen molar-refractivity contribution in [1.82, 2.24) is 9.97 Å². The quantitative estimate of drug-likeness (QED) is 0.755. The van der Waals surface area contributed by atoms with Gasteiger partial charge in [0.15, 0.2) is 0 Å². The highest BCUT2D eigenvalue weighted by Crippen LogP contribution is 2.25. The van der Waals surface area contributed by atoms with Crippen LogP contribution in [0.1, 0.15) is 24.5 Å². The molecule has 0 saturated carbocycles. The van der Waals surface area contributed by atoms with E-state index in [1.165, 1.54) is 0 Å². The van der Waals surface area contributed by atoms with Crippen LogP contribution >= 0.6 is 0 Å². The molecule has 1 aromatic heterocycles. The molecule has 4 heteroatoms. The van der Waals surface area contributed by atoms with Crippen LogP contribution in [0.15, 0.2) is 54.9 Å². The molecule has 3 aromatic rings. The van der Waals surface area contributed by atoms with Gasteiger partial charge < -0.3 is 10.4 Å². The molecule has 0 saturated heterocycles. The van der Waals surface area contributed by atoms with Gasteiger partial charge in [-0.25, -0.2) is 9.97 Å². The summed E-state index contributed by atoms with van der Waals surface area (Å²) in [6, 6.07) is 15.8. The molecule has 23 heavy (non-hydrogen) atoms. The molecule has 1 atom stereocenters. The lowest BCUT2D eigenvalue weighted by atomic mass is 9.93. The highest BCUT2D eigenvalue weighted by molar-refractivity contribution is 5.90. The van der Waals surface area contributed by atoms with Gasteiger partial charge in [-0.15, -0.1) is 0 Å². The maximum atomic E-state index is 10.6. The van der Waals surface area contributed by atoms with Crippen LogP contribution in [0.2, 0.25) is 0 Å². The minimum atomic E-state index is -0.868. The van der Waals surface area contributed by atoms with Crippen LogP contribution in [0.5, 0.6) is 0 Å². The molecule has 0 amide bonds. The molecule has 0 radical (unpaired) electrons. The largest absolute Gasteiger partial charge is 0.385 e. The van der Waals surface area contributed by atoms with Crippen molar-refractivity contribution in [2.24, 2.45) is 0 Å². The molecule has 118 valence electrons. The van der Waals surface area contributed by atoms with E-state index in [1.807, 2.05) is 62.4 Å². The average molecular weight is 307 g/mol. The lowest BCUT2D eigenvalue weighted by Crippen LogP contribution is -2.24. The predicted molar refractivity (Wildman–Crippen MR) is 93.4 cm³/mol. The smallest absolute Gasteiger partial charge is 0.137 e. The zero-order chi connectivity index (χ0) is 16.3. The van der Waals surface area contributed by atoms with Crippen molar-refractivity contribution in [2.75, 3.05) is 11.9 Å². The number of hydrogen-bond donors (Lipinski definition) is 2. The Kier molecular flexibility index (Phi) is 4.26. The van der Waals surface area contributed by atoms with E-state index in [9.17, 15) is 5.11 Å². The first-order valence-corrected chi connectivity index (χ1v) is 7.80. The number of benzene rings is 2. The number of nitrogens with zero attached hydrogens (tertiary/aromatic N) is 2. The van der Waals surface area contributed by atoms with Crippen LogP contribution in [-0.2, 0) is 5.60 Å². The van der Waals surface area contributed by atoms with E-state index in [4.69, 9.17) is 0 Å². The first-order valence-electron chi connectivity index (χ1n) is 7.80. The number of aryl methyl sites for hydroxylation is 1. The van der Waals surface area contributed by atoms with Crippen molar-refractivity contribution in [2.45, 2.75) is 25.9 Å². The Hall–Kier alpha value is -2.46. The van der Waals surface area contributed by atoms with Crippen molar-refractivity contribution in [3.63, 3.8) is 0 Å². The van der Waals surface area contributed by atoms with E-state index < -0.39 is 5.60 Å². The molecular weight excluding hydrogens is 286 g/mol. The Morgan fingerprint density at radius 2 is 1.83 bits per heavy atom. The number of fused-ring (bicyclic) bond motifs is 1. The van der Waals surface area contributed by atoms with Gasteiger partial charge in [0.1, 0.15) is 12.1 Å². The van der Waals surface area contributed by atoms with Crippen LogP contribution in [-0.4, -0.2) is 21.6 Å². The van der Waals surface area contributed by atoms with Crippen molar-refractivity contribution < 1.29 is 5.11 Å². The molecule has 0 aliphatic rings. The van der Waals surface area contributed by atoms with E-state index in [0.717, 1.165) is 27.8 Å². The van der Waals surface area contributed by atoms with E-state index in [0.29, 0.717) is 13.0 Å². The molecule has 0 spiro atoms. The van der Waals surface area contributed by atoms with Crippen LogP contribution in [0, 0.1) is 6.92 Å². The lowest BCUT2D eigenvalue weighted by molar-refractivity contribution is 0.0515. The minimum Gasteiger partial charge on any atom is -0.385 e. The van der Waals surface area contributed by atoms with Crippen molar-refractivity contribution in [3.8, 4) is 0 Å². The molecule has 2 aromatic carbocycles. The van der Waals surface area contributed by atoms with Gasteiger partial charge in [-0.1, -0.05) is 42.5 Å². The molecule has 4 nitrogen and oxygen atoms in total. The number of aromatic nitrogens is 2. The first kappa shape index (κ1) is 15.4. The fourth-order valence-electron chi connectivity index (χ4n) is 2.74. The molecule has 0 aliphatic carbocycles. The number of nitrogens with one attached hydrogen (secondary N) is 1. The van der Waals surface area contributed by atoms with Crippen molar-refractivity contribution >= 4 is 16.7 Å².